The number of carbonyl (C=O) groups is 2. The van der Waals surface area contributed by atoms with Crippen LogP contribution in [0.5, 0.6) is 0 Å². The normalized spacial score (nSPS) is 17.7. The van der Waals surface area contributed by atoms with Crippen LogP contribution in [0, 0.1) is 0 Å². The van der Waals surface area contributed by atoms with Gasteiger partial charge in [-0.2, -0.15) is 5.10 Å². The Bertz CT molecular complexity index is 945. The molecule has 4 rings (SSSR count). The Morgan fingerprint density at radius 3 is 2.50 bits per heavy atom. The molecule has 2 aromatic rings. The number of fused-ring (bicyclic) bond motifs is 1. The van der Waals surface area contributed by atoms with Gasteiger partial charge in [0, 0.05) is 45.3 Å². The van der Waals surface area contributed by atoms with Crippen LogP contribution in [0.25, 0.3) is 0 Å². The molecule has 1 atom stereocenters. The summed E-state index contributed by atoms with van der Waals surface area (Å²) in [6.07, 6.45) is 4.52. The van der Waals surface area contributed by atoms with E-state index in [2.05, 4.69) is 28.7 Å². The van der Waals surface area contributed by atoms with Gasteiger partial charge in [-0.15, -0.1) is 0 Å². The Hall–Kier alpha value is -3.29. The molecule has 1 aromatic carbocycles. The average molecular weight is 411 g/mol. The zero-order valence-electron chi connectivity index (χ0n) is 17.7. The van der Waals surface area contributed by atoms with Gasteiger partial charge in [0.2, 0.25) is 5.91 Å². The summed E-state index contributed by atoms with van der Waals surface area (Å²) in [6.45, 7) is 6.04. The first-order valence-corrected chi connectivity index (χ1v) is 10.2. The zero-order chi connectivity index (χ0) is 21.8. The average Bonchev–Trinajstić information content (AvgIpc) is 3.37. The second-order valence-electron chi connectivity index (χ2n) is 7.78. The lowest BCUT2D eigenvalue weighted by Gasteiger charge is -2.32. The highest BCUT2D eigenvalue weighted by Gasteiger charge is 2.30. The molecule has 1 unspecified atom stereocenters. The highest BCUT2D eigenvalue weighted by Crippen LogP contribution is 2.35. The van der Waals surface area contributed by atoms with E-state index in [0.717, 1.165) is 38.9 Å². The van der Waals surface area contributed by atoms with Crippen LogP contribution >= 0.6 is 0 Å². The monoisotopic (exact) mass is 410 g/mol. The van der Waals surface area contributed by atoms with E-state index in [-0.39, 0.29) is 11.8 Å². The number of benzene rings is 1. The molecule has 30 heavy (non-hydrogen) atoms. The third-order valence-corrected chi connectivity index (χ3v) is 5.71. The fourth-order valence-electron chi connectivity index (χ4n) is 4.16. The van der Waals surface area contributed by atoms with E-state index in [1.165, 1.54) is 22.0 Å². The van der Waals surface area contributed by atoms with Crippen molar-refractivity contribution in [2.75, 3.05) is 37.3 Å². The van der Waals surface area contributed by atoms with Crippen molar-refractivity contribution in [3.8, 4) is 0 Å². The van der Waals surface area contributed by atoms with Crippen LogP contribution in [0.15, 0.2) is 36.9 Å². The number of anilines is 2. The van der Waals surface area contributed by atoms with Crippen molar-refractivity contribution in [2.45, 2.75) is 25.2 Å². The molecule has 1 aromatic heterocycles. The van der Waals surface area contributed by atoms with Gasteiger partial charge in [-0.25, -0.2) is 0 Å². The fourth-order valence-corrected chi connectivity index (χ4v) is 4.16. The number of likely N-dealkylation sites (tertiary alicyclic amines) is 1. The first kappa shape index (κ1) is 21.4. The lowest BCUT2D eigenvalue weighted by molar-refractivity contribution is -0.124. The summed E-state index contributed by atoms with van der Waals surface area (Å²) in [5.74, 6) is -0.000441. The van der Waals surface area contributed by atoms with Crippen molar-refractivity contribution in [1.29, 1.82) is 0 Å². The first-order valence-electron chi connectivity index (χ1n) is 10.2. The number of para-hydroxylation sites is 1. The van der Waals surface area contributed by atoms with E-state index in [4.69, 9.17) is 11.5 Å². The molecule has 1 fully saturated rings. The number of aryl methyl sites for hydroxylation is 1. The van der Waals surface area contributed by atoms with E-state index in [1.807, 2.05) is 24.1 Å². The number of amides is 2. The van der Waals surface area contributed by atoms with E-state index in [9.17, 15) is 9.59 Å². The molecule has 8 heteroatoms. The second-order valence-corrected chi connectivity index (χ2v) is 7.78. The van der Waals surface area contributed by atoms with Crippen molar-refractivity contribution in [3.05, 3.63) is 53.7 Å². The first-order chi connectivity index (χ1) is 14.3. The SMILES string of the molecule is C=CC(=O)N1CCCC1.CN1CC(c2nn(C)c(N)c2C(N)=O)Cc2ccccc21. The van der Waals surface area contributed by atoms with Crippen LogP contribution in [0.4, 0.5) is 11.5 Å². The quantitative estimate of drug-likeness (QED) is 0.748. The summed E-state index contributed by atoms with van der Waals surface area (Å²) >= 11 is 0. The van der Waals surface area contributed by atoms with Crippen LogP contribution in [0.3, 0.4) is 0 Å². The molecular formula is C22H30N6O2. The number of nitrogen functional groups attached to an aromatic ring is 1. The summed E-state index contributed by atoms with van der Waals surface area (Å²) in [6, 6.07) is 8.27. The van der Waals surface area contributed by atoms with E-state index < -0.39 is 5.91 Å². The van der Waals surface area contributed by atoms with Crippen LogP contribution in [-0.4, -0.2) is 53.2 Å². The summed E-state index contributed by atoms with van der Waals surface area (Å²) in [7, 11) is 3.77. The predicted molar refractivity (Wildman–Crippen MR) is 118 cm³/mol. The van der Waals surface area contributed by atoms with E-state index >= 15 is 0 Å². The number of nitrogens with zero attached hydrogens (tertiary/aromatic N) is 4. The summed E-state index contributed by atoms with van der Waals surface area (Å²) < 4.78 is 1.52. The fraction of sp³-hybridized carbons (Fsp3) is 0.409. The minimum absolute atomic E-state index is 0.0764. The number of nitrogens with two attached hydrogens (primary N) is 2. The van der Waals surface area contributed by atoms with Gasteiger partial charge in [-0.3, -0.25) is 14.3 Å². The number of rotatable bonds is 3. The molecular weight excluding hydrogens is 380 g/mol. The van der Waals surface area contributed by atoms with Crippen molar-refractivity contribution >= 4 is 23.3 Å². The maximum absolute atomic E-state index is 11.7. The van der Waals surface area contributed by atoms with Crippen LogP contribution in [0.1, 0.15) is 40.4 Å². The van der Waals surface area contributed by atoms with Gasteiger partial charge < -0.3 is 21.3 Å². The van der Waals surface area contributed by atoms with Crippen molar-refractivity contribution < 1.29 is 9.59 Å². The summed E-state index contributed by atoms with van der Waals surface area (Å²) in [4.78, 5) is 26.5. The number of primary amides is 1. The van der Waals surface area contributed by atoms with Crippen molar-refractivity contribution in [2.24, 2.45) is 12.8 Å². The molecule has 160 valence electrons. The highest BCUT2D eigenvalue weighted by atomic mass is 16.2. The lowest BCUT2D eigenvalue weighted by atomic mass is 9.88. The zero-order valence-corrected chi connectivity index (χ0v) is 17.7. The smallest absolute Gasteiger partial charge is 0.254 e. The van der Waals surface area contributed by atoms with Gasteiger partial charge in [-0.1, -0.05) is 24.8 Å². The molecule has 2 aliphatic rings. The molecule has 3 heterocycles. The molecule has 2 amide bonds. The molecule has 0 aliphatic carbocycles. The van der Waals surface area contributed by atoms with Gasteiger partial charge in [0.1, 0.15) is 11.4 Å². The van der Waals surface area contributed by atoms with Crippen molar-refractivity contribution in [3.63, 3.8) is 0 Å². The highest BCUT2D eigenvalue weighted by molar-refractivity contribution is 5.98. The van der Waals surface area contributed by atoms with Gasteiger partial charge in [0.25, 0.3) is 5.91 Å². The van der Waals surface area contributed by atoms with Crippen LogP contribution < -0.4 is 16.4 Å². The molecule has 0 radical (unpaired) electrons. The largest absolute Gasteiger partial charge is 0.383 e. The number of hydrogen-bond acceptors (Lipinski definition) is 5. The Labute approximate surface area is 177 Å². The minimum atomic E-state index is -0.517. The van der Waals surface area contributed by atoms with Gasteiger partial charge in [0.05, 0.1) is 5.69 Å². The molecule has 4 N–H and O–H groups in total. The predicted octanol–water partition coefficient (Wildman–Crippen LogP) is 1.67. The van der Waals surface area contributed by atoms with Gasteiger partial charge >= 0.3 is 0 Å². The topological polar surface area (TPSA) is 110 Å². The third kappa shape index (κ3) is 4.32. The van der Waals surface area contributed by atoms with Crippen molar-refractivity contribution in [1.82, 2.24) is 14.7 Å². The molecule has 0 spiro atoms. The third-order valence-electron chi connectivity index (χ3n) is 5.71. The van der Waals surface area contributed by atoms with E-state index in [0.29, 0.717) is 17.1 Å². The van der Waals surface area contributed by atoms with Crippen LogP contribution in [-0.2, 0) is 18.3 Å². The molecule has 0 bridgehead atoms. The Morgan fingerprint density at radius 2 is 1.87 bits per heavy atom. The van der Waals surface area contributed by atoms with Crippen LogP contribution in [0.2, 0.25) is 0 Å². The maximum atomic E-state index is 11.7. The number of carbonyl (C=O) groups excluding carboxylic acids is 2. The van der Waals surface area contributed by atoms with E-state index in [1.54, 1.807) is 7.05 Å². The minimum Gasteiger partial charge on any atom is -0.383 e. The van der Waals surface area contributed by atoms with Gasteiger partial charge in [0.15, 0.2) is 0 Å². The lowest BCUT2D eigenvalue weighted by Crippen LogP contribution is -2.32. The number of aromatic nitrogens is 2. The summed E-state index contributed by atoms with van der Waals surface area (Å²) in [5.41, 5.74) is 14.9. The second kappa shape index (κ2) is 9.02. The standard InChI is InChI=1S/C15H19N5O.C7H11NO/c1-19-8-10(7-9-5-3-4-6-11(9)19)13-12(15(17)21)14(16)20(2)18-13;1-2-7(9)8-5-3-4-6-8/h3-6,10H,7-8,16H2,1-2H3,(H2,17,21);2H,1,3-6H2. The number of likely N-dealkylation sites (N-methyl/N-ethyl adjacent to an activating group) is 1. The molecule has 2 aliphatic heterocycles. The van der Waals surface area contributed by atoms with Gasteiger partial charge in [-0.05, 0) is 37.0 Å². The molecule has 0 saturated carbocycles. The summed E-state index contributed by atoms with van der Waals surface area (Å²) in [5, 5.41) is 4.43. The number of hydrogen-bond donors (Lipinski definition) is 2. The molecule has 1 saturated heterocycles. The maximum Gasteiger partial charge on any atom is 0.254 e. The Kier molecular flexibility index (Phi) is 6.44. The Balaban J connectivity index is 0.000000239. The molecule has 8 nitrogen and oxygen atoms in total. The Morgan fingerprint density at radius 1 is 1.20 bits per heavy atom.